The van der Waals surface area contributed by atoms with E-state index in [1.54, 1.807) is 0 Å². The van der Waals surface area contributed by atoms with Crippen molar-refractivity contribution >= 4 is 43.7 Å². The van der Waals surface area contributed by atoms with Gasteiger partial charge in [0.2, 0.25) is 0 Å². The SMILES string of the molecule is c1ccc(-c2cc(-c3cccc(-n4c5ccccc5c5ccccc54)c3)nc(-c3cccc4c3oc3ccccc34)n2)cc1. The van der Waals surface area contributed by atoms with Gasteiger partial charge in [0.05, 0.1) is 28.0 Å². The van der Waals surface area contributed by atoms with Crippen molar-refractivity contribution in [3.8, 4) is 39.6 Å². The number of nitrogens with zero attached hydrogens (tertiary/aromatic N) is 3. The molecule has 0 fully saturated rings. The Bertz CT molecular complexity index is 2450. The van der Waals surface area contributed by atoms with E-state index in [2.05, 4.69) is 114 Å². The average molecular weight is 564 g/mol. The molecule has 0 atom stereocenters. The normalized spacial score (nSPS) is 11.6. The number of benzene rings is 6. The minimum Gasteiger partial charge on any atom is -0.455 e. The lowest BCUT2D eigenvalue weighted by Crippen LogP contribution is -1.98. The first-order chi connectivity index (χ1) is 21.8. The summed E-state index contributed by atoms with van der Waals surface area (Å²) in [5, 5.41) is 4.62. The van der Waals surface area contributed by atoms with Gasteiger partial charge >= 0.3 is 0 Å². The van der Waals surface area contributed by atoms with Crippen molar-refractivity contribution < 1.29 is 4.42 Å². The maximum absolute atomic E-state index is 6.40. The molecule has 0 unspecified atom stereocenters. The van der Waals surface area contributed by atoms with Gasteiger partial charge in [0.1, 0.15) is 11.2 Å². The highest BCUT2D eigenvalue weighted by Crippen LogP contribution is 2.37. The number of hydrogen-bond donors (Lipinski definition) is 0. The molecule has 9 rings (SSSR count). The summed E-state index contributed by atoms with van der Waals surface area (Å²) >= 11 is 0. The third-order valence-corrected chi connectivity index (χ3v) is 8.42. The van der Waals surface area contributed by atoms with Crippen molar-refractivity contribution in [1.82, 2.24) is 14.5 Å². The standard InChI is InChI=1S/C40H25N3O/c1-2-12-26(13-3-1)34-25-35(42-40(41-34)33-20-11-19-32-31-18-6-9-23-38(31)44-39(32)33)27-14-10-15-28(24-27)43-36-21-7-4-16-29(36)30-17-5-8-22-37(30)43/h1-25H. The molecule has 9 aromatic rings. The lowest BCUT2D eigenvalue weighted by atomic mass is 10.0. The van der Waals surface area contributed by atoms with E-state index < -0.39 is 0 Å². The van der Waals surface area contributed by atoms with E-state index in [1.807, 2.05) is 42.5 Å². The quantitative estimate of drug-likeness (QED) is 0.214. The van der Waals surface area contributed by atoms with Crippen molar-refractivity contribution in [3.05, 3.63) is 152 Å². The molecule has 0 aliphatic rings. The van der Waals surface area contributed by atoms with Gasteiger partial charge < -0.3 is 8.98 Å². The molecular weight excluding hydrogens is 538 g/mol. The summed E-state index contributed by atoms with van der Waals surface area (Å²) in [6.07, 6.45) is 0. The zero-order chi connectivity index (χ0) is 29.0. The van der Waals surface area contributed by atoms with Gasteiger partial charge in [0.15, 0.2) is 5.82 Å². The van der Waals surface area contributed by atoms with E-state index in [0.29, 0.717) is 5.82 Å². The Morgan fingerprint density at radius 3 is 1.82 bits per heavy atom. The summed E-state index contributed by atoms with van der Waals surface area (Å²) in [7, 11) is 0. The molecule has 0 aliphatic carbocycles. The minimum absolute atomic E-state index is 0.633. The van der Waals surface area contributed by atoms with Crippen LogP contribution in [0, 0.1) is 0 Å². The van der Waals surface area contributed by atoms with Gasteiger partial charge in [-0.2, -0.15) is 0 Å². The second kappa shape index (κ2) is 9.79. The Kier molecular flexibility index (Phi) is 5.47. The number of aromatic nitrogens is 3. The summed E-state index contributed by atoms with van der Waals surface area (Å²) in [6, 6.07) is 52.5. The number of fused-ring (bicyclic) bond motifs is 6. The molecule has 4 heteroatoms. The first-order valence-electron chi connectivity index (χ1n) is 14.8. The van der Waals surface area contributed by atoms with E-state index in [0.717, 1.165) is 55.7 Å². The fraction of sp³-hybridized carbons (Fsp3) is 0. The Labute approximate surface area is 253 Å². The molecule has 0 N–H and O–H groups in total. The van der Waals surface area contributed by atoms with Crippen molar-refractivity contribution in [2.75, 3.05) is 0 Å². The zero-order valence-corrected chi connectivity index (χ0v) is 23.7. The third-order valence-electron chi connectivity index (χ3n) is 8.42. The van der Waals surface area contributed by atoms with Crippen molar-refractivity contribution in [2.24, 2.45) is 0 Å². The predicted octanol–water partition coefficient (Wildman–Crippen LogP) is 10.5. The molecule has 0 radical (unpaired) electrons. The van der Waals surface area contributed by atoms with E-state index in [9.17, 15) is 0 Å². The van der Waals surface area contributed by atoms with E-state index in [1.165, 1.54) is 21.8 Å². The largest absolute Gasteiger partial charge is 0.455 e. The summed E-state index contributed by atoms with van der Waals surface area (Å²) in [6.45, 7) is 0. The van der Waals surface area contributed by atoms with Crippen LogP contribution in [-0.2, 0) is 0 Å². The molecule has 0 amide bonds. The monoisotopic (exact) mass is 563 g/mol. The molecule has 0 saturated heterocycles. The van der Waals surface area contributed by atoms with Crippen molar-refractivity contribution in [1.29, 1.82) is 0 Å². The van der Waals surface area contributed by atoms with E-state index in [4.69, 9.17) is 14.4 Å². The molecule has 0 bridgehead atoms. The highest BCUT2D eigenvalue weighted by atomic mass is 16.3. The second-order valence-electron chi connectivity index (χ2n) is 11.0. The van der Waals surface area contributed by atoms with Crippen LogP contribution < -0.4 is 0 Å². The average Bonchev–Trinajstić information content (AvgIpc) is 3.65. The van der Waals surface area contributed by atoms with Crippen LogP contribution in [0.15, 0.2) is 156 Å². The molecule has 0 aliphatic heterocycles. The second-order valence-corrected chi connectivity index (χ2v) is 11.0. The first kappa shape index (κ1) is 24.6. The predicted molar refractivity (Wildman–Crippen MR) is 180 cm³/mol. The van der Waals surface area contributed by atoms with Crippen LogP contribution in [0.3, 0.4) is 0 Å². The Hall–Kier alpha value is -6.00. The summed E-state index contributed by atoms with van der Waals surface area (Å²) in [5.41, 5.74) is 9.72. The van der Waals surface area contributed by atoms with E-state index >= 15 is 0 Å². The minimum atomic E-state index is 0.633. The Morgan fingerprint density at radius 2 is 1.05 bits per heavy atom. The number of para-hydroxylation sites is 4. The van der Waals surface area contributed by atoms with Crippen molar-refractivity contribution in [2.45, 2.75) is 0 Å². The highest BCUT2D eigenvalue weighted by Gasteiger charge is 2.17. The van der Waals surface area contributed by atoms with E-state index in [-0.39, 0.29) is 0 Å². The summed E-state index contributed by atoms with van der Waals surface area (Å²) < 4.78 is 8.73. The lowest BCUT2D eigenvalue weighted by Gasteiger charge is -2.12. The van der Waals surface area contributed by atoms with Gasteiger partial charge in [-0.25, -0.2) is 9.97 Å². The molecule has 4 nitrogen and oxygen atoms in total. The molecule has 6 aromatic carbocycles. The Morgan fingerprint density at radius 1 is 0.455 bits per heavy atom. The number of furan rings is 1. The number of hydrogen-bond acceptors (Lipinski definition) is 3. The maximum Gasteiger partial charge on any atom is 0.164 e. The third kappa shape index (κ3) is 3.85. The van der Waals surface area contributed by atoms with Gasteiger partial charge in [-0.3, -0.25) is 0 Å². The summed E-state index contributed by atoms with van der Waals surface area (Å²) in [4.78, 5) is 10.3. The van der Waals surface area contributed by atoms with Gasteiger partial charge in [-0.15, -0.1) is 0 Å². The topological polar surface area (TPSA) is 43.9 Å². The number of rotatable bonds is 4. The molecule has 0 saturated carbocycles. The fourth-order valence-electron chi connectivity index (χ4n) is 6.40. The maximum atomic E-state index is 6.40. The molecule has 3 heterocycles. The zero-order valence-electron chi connectivity index (χ0n) is 23.7. The van der Waals surface area contributed by atoms with Crippen LogP contribution in [0.4, 0.5) is 0 Å². The van der Waals surface area contributed by atoms with Gasteiger partial charge in [0, 0.05) is 38.4 Å². The first-order valence-corrected chi connectivity index (χ1v) is 14.8. The lowest BCUT2D eigenvalue weighted by molar-refractivity contribution is 0.669. The van der Waals surface area contributed by atoms with Gasteiger partial charge in [0.25, 0.3) is 0 Å². The van der Waals surface area contributed by atoms with Crippen LogP contribution in [0.1, 0.15) is 0 Å². The van der Waals surface area contributed by atoms with Crippen LogP contribution >= 0.6 is 0 Å². The van der Waals surface area contributed by atoms with Gasteiger partial charge in [-0.1, -0.05) is 109 Å². The van der Waals surface area contributed by atoms with Crippen molar-refractivity contribution in [3.63, 3.8) is 0 Å². The molecule has 3 aromatic heterocycles. The van der Waals surface area contributed by atoms with Crippen LogP contribution in [-0.4, -0.2) is 14.5 Å². The molecular formula is C40H25N3O. The van der Waals surface area contributed by atoms with Crippen LogP contribution in [0.25, 0.3) is 83.3 Å². The van der Waals surface area contributed by atoms with Crippen LogP contribution in [0.5, 0.6) is 0 Å². The smallest absolute Gasteiger partial charge is 0.164 e. The fourth-order valence-corrected chi connectivity index (χ4v) is 6.40. The molecule has 206 valence electrons. The van der Waals surface area contributed by atoms with Gasteiger partial charge in [-0.05, 0) is 42.5 Å². The highest BCUT2D eigenvalue weighted by molar-refractivity contribution is 6.10. The molecule has 44 heavy (non-hydrogen) atoms. The summed E-state index contributed by atoms with van der Waals surface area (Å²) in [5.74, 6) is 0.633. The molecule has 0 spiro atoms. The van der Waals surface area contributed by atoms with Crippen LogP contribution in [0.2, 0.25) is 0 Å². The Balaban J connectivity index is 1.27.